The SMILES string of the molecule is CC(C)CNC(=O)CNC(=O)C1CCCCC1N. The zero-order valence-electron chi connectivity index (χ0n) is 11.4. The molecule has 0 saturated heterocycles. The maximum Gasteiger partial charge on any atom is 0.239 e. The standard InChI is InChI=1S/C13H25N3O2/c1-9(2)7-15-12(17)8-16-13(18)10-5-3-4-6-11(10)14/h9-11H,3-8,14H2,1-2H3,(H,15,17)(H,16,18). The van der Waals surface area contributed by atoms with Gasteiger partial charge in [-0.05, 0) is 18.8 Å². The van der Waals surface area contributed by atoms with Gasteiger partial charge in [0.05, 0.1) is 12.5 Å². The molecule has 0 bridgehead atoms. The summed E-state index contributed by atoms with van der Waals surface area (Å²) < 4.78 is 0. The van der Waals surface area contributed by atoms with Crippen molar-refractivity contribution in [3.05, 3.63) is 0 Å². The molecule has 4 N–H and O–H groups in total. The summed E-state index contributed by atoms with van der Waals surface area (Å²) in [7, 11) is 0. The zero-order chi connectivity index (χ0) is 13.5. The van der Waals surface area contributed by atoms with Crippen LogP contribution < -0.4 is 16.4 Å². The lowest BCUT2D eigenvalue weighted by Gasteiger charge is -2.27. The van der Waals surface area contributed by atoms with Gasteiger partial charge in [0.25, 0.3) is 0 Å². The van der Waals surface area contributed by atoms with Crippen molar-refractivity contribution < 1.29 is 9.59 Å². The van der Waals surface area contributed by atoms with Crippen LogP contribution in [0.1, 0.15) is 39.5 Å². The molecule has 104 valence electrons. The van der Waals surface area contributed by atoms with Gasteiger partial charge in [0.2, 0.25) is 11.8 Å². The second kappa shape index (κ2) is 7.36. The van der Waals surface area contributed by atoms with Gasteiger partial charge in [-0.1, -0.05) is 26.7 Å². The number of rotatable bonds is 5. The third kappa shape index (κ3) is 5.04. The molecular weight excluding hydrogens is 230 g/mol. The smallest absolute Gasteiger partial charge is 0.239 e. The molecule has 0 heterocycles. The predicted molar refractivity (Wildman–Crippen MR) is 70.8 cm³/mol. The van der Waals surface area contributed by atoms with Crippen LogP contribution in [-0.2, 0) is 9.59 Å². The molecule has 1 fully saturated rings. The van der Waals surface area contributed by atoms with Crippen LogP contribution in [0, 0.1) is 11.8 Å². The Labute approximate surface area is 109 Å². The summed E-state index contributed by atoms with van der Waals surface area (Å²) in [5.74, 6) is 0.0661. The van der Waals surface area contributed by atoms with Crippen molar-refractivity contribution >= 4 is 11.8 Å². The highest BCUT2D eigenvalue weighted by atomic mass is 16.2. The van der Waals surface area contributed by atoms with Crippen LogP contribution >= 0.6 is 0 Å². The molecule has 1 aliphatic carbocycles. The number of nitrogens with two attached hydrogens (primary N) is 1. The first kappa shape index (κ1) is 15.0. The van der Waals surface area contributed by atoms with E-state index in [1.807, 2.05) is 13.8 Å². The number of carbonyl (C=O) groups excluding carboxylic acids is 2. The summed E-state index contributed by atoms with van der Waals surface area (Å²) in [5.41, 5.74) is 5.92. The minimum Gasteiger partial charge on any atom is -0.354 e. The molecule has 0 aromatic heterocycles. The van der Waals surface area contributed by atoms with Gasteiger partial charge in [-0.2, -0.15) is 0 Å². The van der Waals surface area contributed by atoms with Crippen molar-refractivity contribution in [2.75, 3.05) is 13.1 Å². The molecular formula is C13H25N3O2. The number of amides is 2. The van der Waals surface area contributed by atoms with E-state index in [0.717, 1.165) is 25.7 Å². The van der Waals surface area contributed by atoms with Crippen molar-refractivity contribution in [2.24, 2.45) is 17.6 Å². The van der Waals surface area contributed by atoms with E-state index < -0.39 is 0 Å². The van der Waals surface area contributed by atoms with Gasteiger partial charge in [-0.15, -0.1) is 0 Å². The topological polar surface area (TPSA) is 84.2 Å². The summed E-state index contributed by atoms with van der Waals surface area (Å²) >= 11 is 0. The first-order chi connectivity index (χ1) is 8.50. The number of carbonyl (C=O) groups is 2. The van der Waals surface area contributed by atoms with Crippen LogP contribution in [0.5, 0.6) is 0 Å². The lowest BCUT2D eigenvalue weighted by Crippen LogP contribution is -2.46. The first-order valence-electron chi connectivity index (χ1n) is 6.80. The molecule has 1 saturated carbocycles. The summed E-state index contributed by atoms with van der Waals surface area (Å²) in [6, 6.07) is -0.0579. The Morgan fingerprint density at radius 2 is 1.89 bits per heavy atom. The second-order valence-corrected chi connectivity index (χ2v) is 5.47. The molecule has 0 spiro atoms. The van der Waals surface area contributed by atoms with Gasteiger partial charge in [-0.25, -0.2) is 0 Å². The average molecular weight is 255 g/mol. The maximum absolute atomic E-state index is 11.9. The van der Waals surface area contributed by atoms with E-state index in [1.165, 1.54) is 0 Å². The van der Waals surface area contributed by atoms with Crippen LogP contribution in [0.15, 0.2) is 0 Å². The maximum atomic E-state index is 11.9. The van der Waals surface area contributed by atoms with E-state index in [-0.39, 0.29) is 30.3 Å². The fraction of sp³-hybridized carbons (Fsp3) is 0.846. The van der Waals surface area contributed by atoms with Crippen LogP contribution in [-0.4, -0.2) is 30.9 Å². The molecule has 1 rings (SSSR count). The molecule has 2 unspecified atom stereocenters. The Hall–Kier alpha value is -1.10. The summed E-state index contributed by atoms with van der Waals surface area (Å²) in [6.45, 7) is 4.74. The normalized spacial score (nSPS) is 23.8. The van der Waals surface area contributed by atoms with Crippen molar-refractivity contribution in [1.29, 1.82) is 0 Å². The first-order valence-corrected chi connectivity index (χ1v) is 6.80. The Morgan fingerprint density at radius 3 is 2.50 bits per heavy atom. The summed E-state index contributed by atoms with van der Waals surface area (Å²) in [4.78, 5) is 23.3. The third-order valence-electron chi connectivity index (χ3n) is 3.29. The molecule has 2 amide bonds. The van der Waals surface area contributed by atoms with Crippen molar-refractivity contribution in [3.63, 3.8) is 0 Å². The van der Waals surface area contributed by atoms with Gasteiger partial charge < -0.3 is 16.4 Å². The molecule has 2 atom stereocenters. The summed E-state index contributed by atoms with van der Waals surface area (Å²) in [6.07, 6.45) is 3.88. The van der Waals surface area contributed by atoms with Gasteiger partial charge in [0, 0.05) is 12.6 Å². The monoisotopic (exact) mass is 255 g/mol. The van der Waals surface area contributed by atoms with E-state index in [2.05, 4.69) is 10.6 Å². The average Bonchev–Trinajstić information content (AvgIpc) is 2.34. The van der Waals surface area contributed by atoms with Gasteiger partial charge in [0.1, 0.15) is 0 Å². The number of nitrogens with one attached hydrogen (secondary N) is 2. The van der Waals surface area contributed by atoms with Crippen LogP contribution in [0.2, 0.25) is 0 Å². The molecule has 0 aliphatic heterocycles. The van der Waals surface area contributed by atoms with E-state index >= 15 is 0 Å². The fourth-order valence-electron chi connectivity index (χ4n) is 2.16. The van der Waals surface area contributed by atoms with Gasteiger partial charge in [0.15, 0.2) is 0 Å². The lowest BCUT2D eigenvalue weighted by atomic mass is 9.84. The Balaban J connectivity index is 2.25. The molecule has 0 aromatic rings. The minimum absolute atomic E-state index is 0.0504. The van der Waals surface area contributed by atoms with Crippen molar-refractivity contribution in [3.8, 4) is 0 Å². The summed E-state index contributed by atoms with van der Waals surface area (Å²) in [5, 5.41) is 5.44. The molecule has 18 heavy (non-hydrogen) atoms. The van der Waals surface area contributed by atoms with Crippen molar-refractivity contribution in [2.45, 2.75) is 45.6 Å². The fourth-order valence-corrected chi connectivity index (χ4v) is 2.16. The van der Waals surface area contributed by atoms with Gasteiger partial charge in [-0.3, -0.25) is 9.59 Å². The minimum atomic E-state index is -0.138. The number of hydrogen-bond donors (Lipinski definition) is 3. The van der Waals surface area contributed by atoms with Crippen LogP contribution in [0.4, 0.5) is 0 Å². The highest BCUT2D eigenvalue weighted by Crippen LogP contribution is 2.22. The Kier molecular flexibility index (Phi) is 6.12. The lowest BCUT2D eigenvalue weighted by molar-refractivity contribution is -0.129. The molecule has 5 nitrogen and oxygen atoms in total. The van der Waals surface area contributed by atoms with E-state index in [1.54, 1.807) is 0 Å². The van der Waals surface area contributed by atoms with Crippen molar-refractivity contribution in [1.82, 2.24) is 10.6 Å². The third-order valence-corrected chi connectivity index (χ3v) is 3.29. The predicted octanol–water partition coefficient (Wildman–Crippen LogP) is 0.392. The van der Waals surface area contributed by atoms with Gasteiger partial charge >= 0.3 is 0 Å². The Bertz CT molecular complexity index is 292. The zero-order valence-corrected chi connectivity index (χ0v) is 11.4. The molecule has 0 radical (unpaired) electrons. The second-order valence-electron chi connectivity index (χ2n) is 5.47. The Morgan fingerprint density at radius 1 is 1.22 bits per heavy atom. The quantitative estimate of drug-likeness (QED) is 0.664. The van der Waals surface area contributed by atoms with E-state index in [0.29, 0.717) is 12.5 Å². The molecule has 0 aromatic carbocycles. The van der Waals surface area contributed by atoms with Crippen LogP contribution in [0.3, 0.4) is 0 Å². The molecule has 5 heteroatoms. The van der Waals surface area contributed by atoms with E-state index in [9.17, 15) is 9.59 Å². The van der Waals surface area contributed by atoms with E-state index in [4.69, 9.17) is 5.73 Å². The van der Waals surface area contributed by atoms with Crippen LogP contribution in [0.25, 0.3) is 0 Å². The molecule has 1 aliphatic rings. The number of hydrogen-bond acceptors (Lipinski definition) is 3. The largest absolute Gasteiger partial charge is 0.354 e. The highest BCUT2D eigenvalue weighted by Gasteiger charge is 2.28. The highest BCUT2D eigenvalue weighted by molar-refractivity contribution is 5.86.